The molecule has 106 valence electrons. The van der Waals surface area contributed by atoms with Crippen LogP contribution in [-0.4, -0.2) is 47.2 Å². The van der Waals surface area contributed by atoms with Crippen LogP contribution in [0.4, 0.5) is 5.82 Å². The van der Waals surface area contributed by atoms with Crippen LogP contribution in [0.15, 0.2) is 6.07 Å². The fraction of sp³-hybridized carbons (Fsp3) is 0.714. The van der Waals surface area contributed by atoms with E-state index in [2.05, 4.69) is 34.2 Å². The van der Waals surface area contributed by atoms with Crippen LogP contribution in [-0.2, 0) is 0 Å². The zero-order valence-electron chi connectivity index (χ0n) is 12.3. The van der Waals surface area contributed by atoms with E-state index in [1.807, 2.05) is 19.9 Å². The molecule has 0 bridgehead atoms. The van der Waals surface area contributed by atoms with Crippen molar-refractivity contribution in [2.75, 3.05) is 25.5 Å². The van der Waals surface area contributed by atoms with Gasteiger partial charge < -0.3 is 15.0 Å². The first-order chi connectivity index (χ1) is 9.08. The Kier molecular flexibility index (Phi) is 4.58. The fourth-order valence-corrected chi connectivity index (χ4v) is 2.47. The van der Waals surface area contributed by atoms with Gasteiger partial charge in [0, 0.05) is 24.7 Å². The van der Waals surface area contributed by atoms with E-state index in [9.17, 15) is 0 Å². The van der Waals surface area contributed by atoms with Crippen LogP contribution in [0.3, 0.4) is 0 Å². The van der Waals surface area contributed by atoms with Crippen LogP contribution in [0.25, 0.3) is 0 Å². The highest BCUT2D eigenvalue weighted by molar-refractivity contribution is 5.39. The summed E-state index contributed by atoms with van der Waals surface area (Å²) >= 11 is 0. The van der Waals surface area contributed by atoms with Crippen molar-refractivity contribution in [2.45, 2.75) is 45.7 Å². The molecule has 5 heteroatoms. The Morgan fingerprint density at radius 2 is 2.26 bits per heavy atom. The quantitative estimate of drug-likeness (QED) is 0.902. The summed E-state index contributed by atoms with van der Waals surface area (Å²) < 4.78 is 5.46. The lowest BCUT2D eigenvalue weighted by Gasteiger charge is -2.35. The van der Waals surface area contributed by atoms with Gasteiger partial charge in [-0.15, -0.1) is 0 Å². The van der Waals surface area contributed by atoms with E-state index in [4.69, 9.17) is 4.74 Å². The molecule has 1 aromatic heterocycles. The van der Waals surface area contributed by atoms with Crippen LogP contribution in [0.5, 0.6) is 5.88 Å². The lowest BCUT2D eigenvalue weighted by Crippen LogP contribution is -2.42. The second-order valence-electron chi connectivity index (χ2n) is 5.27. The minimum absolute atomic E-state index is 0.481. The second-order valence-corrected chi connectivity index (χ2v) is 5.27. The van der Waals surface area contributed by atoms with Gasteiger partial charge in [0.2, 0.25) is 5.88 Å². The van der Waals surface area contributed by atoms with Crippen molar-refractivity contribution < 1.29 is 4.74 Å². The fourth-order valence-electron chi connectivity index (χ4n) is 2.47. The van der Waals surface area contributed by atoms with Gasteiger partial charge in [0.1, 0.15) is 11.6 Å². The van der Waals surface area contributed by atoms with Crippen molar-refractivity contribution in [3.63, 3.8) is 0 Å². The van der Waals surface area contributed by atoms with E-state index < -0.39 is 0 Å². The number of nitrogens with zero attached hydrogens (tertiary/aromatic N) is 3. The van der Waals surface area contributed by atoms with Gasteiger partial charge in [0.25, 0.3) is 0 Å². The molecule has 1 aliphatic rings. The minimum atomic E-state index is 0.481. The standard InChI is InChI=1S/C14H24N4O/c1-5-19-14-9-13(15-11(3)16-14)17-12-6-7-18(4)10(2)8-12/h9-10,12H,5-8H2,1-4H3,(H,15,16,17). The molecule has 0 radical (unpaired) electrons. The molecule has 1 saturated heterocycles. The van der Waals surface area contributed by atoms with Crippen molar-refractivity contribution in [1.82, 2.24) is 14.9 Å². The summed E-state index contributed by atoms with van der Waals surface area (Å²) in [5.41, 5.74) is 0. The van der Waals surface area contributed by atoms with Gasteiger partial charge in [-0.2, -0.15) is 4.98 Å². The number of aryl methyl sites for hydroxylation is 1. The number of likely N-dealkylation sites (tertiary alicyclic amines) is 1. The van der Waals surface area contributed by atoms with E-state index >= 15 is 0 Å². The maximum absolute atomic E-state index is 5.46. The van der Waals surface area contributed by atoms with Crippen LogP contribution < -0.4 is 10.1 Å². The summed E-state index contributed by atoms with van der Waals surface area (Å²) in [4.78, 5) is 11.1. The van der Waals surface area contributed by atoms with Crippen molar-refractivity contribution in [1.29, 1.82) is 0 Å². The average molecular weight is 264 g/mol. The zero-order valence-corrected chi connectivity index (χ0v) is 12.3. The van der Waals surface area contributed by atoms with E-state index in [0.29, 0.717) is 24.6 Å². The smallest absolute Gasteiger partial charge is 0.218 e. The summed E-state index contributed by atoms with van der Waals surface area (Å²) in [6, 6.07) is 2.98. The molecule has 2 unspecified atom stereocenters. The maximum atomic E-state index is 5.46. The molecule has 0 amide bonds. The molecule has 19 heavy (non-hydrogen) atoms. The third-order valence-corrected chi connectivity index (χ3v) is 3.67. The third-order valence-electron chi connectivity index (χ3n) is 3.67. The van der Waals surface area contributed by atoms with E-state index in [-0.39, 0.29) is 0 Å². The summed E-state index contributed by atoms with van der Waals surface area (Å²) in [6.45, 7) is 7.88. The molecule has 0 saturated carbocycles. The number of rotatable bonds is 4. The summed E-state index contributed by atoms with van der Waals surface area (Å²) in [5.74, 6) is 2.27. The SMILES string of the molecule is CCOc1cc(NC2CCN(C)C(C)C2)nc(C)n1. The molecule has 2 heterocycles. The predicted molar refractivity (Wildman–Crippen MR) is 76.7 cm³/mol. The average Bonchev–Trinajstić information content (AvgIpc) is 2.33. The zero-order chi connectivity index (χ0) is 13.8. The van der Waals surface area contributed by atoms with E-state index in [0.717, 1.165) is 31.0 Å². The minimum Gasteiger partial charge on any atom is -0.478 e. The van der Waals surface area contributed by atoms with Crippen LogP contribution in [0, 0.1) is 6.92 Å². The molecule has 0 aliphatic carbocycles. The van der Waals surface area contributed by atoms with Crippen LogP contribution in [0.2, 0.25) is 0 Å². The highest BCUT2D eigenvalue weighted by atomic mass is 16.5. The normalized spacial score (nSPS) is 24.2. The number of aromatic nitrogens is 2. The monoisotopic (exact) mass is 264 g/mol. The first-order valence-corrected chi connectivity index (χ1v) is 7.03. The molecule has 1 aromatic rings. The highest BCUT2D eigenvalue weighted by Gasteiger charge is 2.23. The number of ether oxygens (including phenoxy) is 1. The molecule has 2 atom stereocenters. The number of hydrogen-bond acceptors (Lipinski definition) is 5. The van der Waals surface area contributed by atoms with Gasteiger partial charge in [-0.25, -0.2) is 4.98 Å². The molecule has 1 fully saturated rings. The number of hydrogen-bond donors (Lipinski definition) is 1. The third kappa shape index (κ3) is 3.80. The molecule has 1 N–H and O–H groups in total. The van der Waals surface area contributed by atoms with Crippen molar-refractivity contribution in [3.8, 4) is 5.88 Å². The molecular formula is C14H24N4O. The van der Waals surface area contributed by atoms with Crippen LogP contribution in [0.1, 0.15) is 32.5 Å². The Morgan fingerprint density at radius 3 is 2.95 bits per heavy atom. The second kappa shape index (κ2) is 6.19. The summed E-state index contributed by atoms with van der Waals surface area (Å²) in [5, 5.41) is 3.51. The van der Waals surface area contributed by atoms with Gasteiger partial charge in [-0.1, -0.05) is 0 Å². The van der Waals surface area contributed by atoms with Gasteiger partial charge in [-0.05, 0) is 40.7 Å². The van der Waals surface area contributed by atoms with Crippen molar-refractivity contribution in [3.05, 3.63) is 11.9 Å². The maximum Gasteiger partial charge on any atom is 0.218 e. The van der Waals surface area contributed by atoms with E-state index in [1.165, 1.54) is 0 Å². The molecule has 0 spiro atoms. The van der Waals surface area contributed by atoms with Gasteiger partial charge >= 0.3 is 0 Å². The Bertz CT molecular complexity index is 424. The summed E-state index contributed by atoms with van der Waals surface area (Å²) in [6.07, 6.45) is 2.29. The van der Waals surface area contributed by atoms with Gasteiger partial charge in [0.05, 0.1) is 6.61 Å². The number of piperidine rings is 1. The molecule has 5 nitrogen and oxygen atoms in total. The molecule has 0 aromatic carbocycles. The highest BCUT2D eigenvalue weighted by Crippen LogP contribution is 2.20. The first-order valence-electron chi connectivity index (χ1n) is 7.03. The lowest BCUT2D eigenvalue weighted by molar-refractivity contribution is 0.190. The molecular weight excluding hydrogens is 240 g/mol. The Hall–Kier alpha value is -1.36. The van der Waals surface area contributed by atoms with E-state index in [1.54, 1.807) is 0 Å². The predicted octanol–water partition coefficient (Wildman–Crippen LogP) is 2.08. The Balaban J connectivity index is 2.02. The Morgan fingerprint density at radius 1 is 1.47 bits per heavy atom. The number of anilines is 1. The topological polar surface area (TPSA) is 50.3 Å². The lowest BCUT2D eigenvalue weighted by atomic mass is 9.99. The largest absolute Gasteiger partial charge is 0.478 e. The Labute approximate surface area is 115 Å². The van der Waals surface area contributed by atoms with Gasteiger partial charge in [0.15, 0.2) is 0 Å². The van der Waals surface area contributed by atoms with Crippen molar-refractivity contribution in [2.24, 2.45) is 0 Å². The number of nitrogens with one attached hydrogen (secondary N) is 1. The first kappa shape index (κ1) is 14.1. The molecule has 2 rings (SSSR count). The van der Waals surface area contributed by atoms with Crippen molar-refractivity contribution >= 4 is 5.82 Å². The van der Waals surface area contributed by atoms with Crippen LogP contribution >= 0.6 is 0 Å². The molecule has 1 aliphatic heterocycles. The van der Waals surface area contributed by atoms with Gasteiger partial charge in [-0.3, -0.25) is 0 Å². The summed E-state index contributed by atoms with van der Waals surface area (Å²) in [7, 11) is 2.18.